The van der Waals surface area contributed by atoms with Crippen LogP contribution in [0.4, 0.5) is 0 Å². The monoisotopic (exact) mass is 228 g/mol. The molecule has 0 amide bonds. The van der Waals surface area contributed by atoms with Crippen LogP contribution in [0.1, 0.15) is 19.4 Å². The first kappa shape index (κ1) is 12.2. The van der Waals surface area contributed by atoms with E-state index in [1.807, 2.05) is 13.8 Å². The first-order valence-corrected chi connectivity index (χ1v) is 6.58. The van der Waals surface area contributed by atoms with Gasteiger partial charge in [-0.3, -0.25) is 0 Å². The van der Waals surface area contributed by atoms with E-state index < -0.39 is 15.3 Å². The second-order valence-corrected chi connectivity index (χ2v) is 6.29. The summed E-state index contributed by atoms with van der Waals surface area (Å²) in [6.45, 7) is 3.55. The minimum atomic E-state index is -3.24. The first-order valence-electron chi connectivity index (χ1n) is 4.69. The first-order chi connectivity index (χ1) is 6.79. The van der Waals surface area contributed by atoms with Gasteiger partial charge in [-0.15, -0.1) is 0 Å². The molecule has 0 aliphatic carbocycles. The molecular weight excluding hydrogens is 212 g/mol. The summed E-state index contributed by atoms with van der Waals surface area (Å²) in [5, 5.41) is 9.24. The predicted molar refractivity (Wildman–Crippen MR) is 59.7 cm³/mol. The third-order valence-corrected chi connectivity index (χ3v) is 3.57. The summed E-state index contributed by atoms with van der Waals surface area (Å²) in [7, 11) is -3.24. The fourth-order valence-electron chi connectivity index (χ4n) is 1.43. The molecule has 0 bridgehead atoms. The van der Waals surface area contributed by atoms with Crippen LogP contribution in [0.3, 0.4) is 0 Å². The van der Waals surface area contributed by atoms with Crippen LogP contribution in [0, 0.1) is 0 Å². The molecule has 4 heteroatoms. The third-order valence-electron chi connectivity index (χ3n) is 2.41. The molecule has 1 aromatic carbocycles. The molecule has 0 fully saturated rings. The molecule has 0 aromatic heterocycles. The Morgan fingerprint density at radius 2 is 1.80 bits per heavy atom. The van der Waals surface area contributed by atoms with Gasteiger partial charge in [0.1, 0.15) is 0 Å². The molecular formula is C11H16O3S. The van der Waals surface area contributed by atoms with E-state index in [1.54, 1.807) is 24.3 Å². The van der Waals surface area contributed by atoms with Crippen LogP contribution in [0.5, 0.6) is 0 Å². The maximum Gasteiger partial charge on any atom is 0.175 e. The van der Waals surface area contributed by atoms with Crippen LogP contribution in [0.25, 0.3) is 0 Å². The molecule has 0 spiro atoms. The number of hydrogen-bond donors (Lipinski definition) is 1. The van der Waals surface area contributed by atoms with Gasteiger partial charge in [0.05, 0.1) is 11.5 Å². The Labute approximate surface area is 90.7 Å². The molecule has 0 atom stereocenters. The van der Waals surface area contributed by atoms with Crippen molar-refractivity contribution in [2.45, 2.75) is 24.2 Å². The Balaban J connectivity index is 3.44. The van der Waals surface area contributed by atoms with Gasteiger partial charge >= 0.3 is 0 Å². The predicted octanol–water partition coefficient (Wildman–Crippen LogP) is 1.36. The quantitative estimate of drug-likeness (QED) is 0.850. The Bertz CT molecular complexity index is 447. The van der Waals surface area contributed by atoms with Crippen molar-refractivity contribution in [1.29, 1.82) is 0 Å². The van der Waals surface area contributed by atoms with Crippen molar-refractivity contribution in [3.8, 4) is 0 Å². The smallest absolute Gasteiger partial charge is 0.175 e. The molecule has 0 unspecified atom stereocenters. The fourth-order valence-corrected chi connectivity index (χ4v) is 2.50. The maximum absolute atomic E-state index is 11.5. The van der Waals surface area contributed by atoms with E-state index in [2.05, 4.69) is 0 Å². The van der Waals surface area contributed by atoms with Gasteiger partial charge in [0, 0.05) is 11.7 Å². The third kappa shape index (κ3) is 2.58. The van der Waals surface area contributed by atoms with Gasteiger partial charge in [-0.05, 0) is 11.6 Å². The van der Waals surface area contributed by atoms with Crippen molar-refractivity contribution >= 4 is 9.84 Å². The van der Waals surface area contributed by atoms with Crippen LogP contribution in [0.15, 0.2) is 29.2 Å². The minimum Gasteiger partial charge on any atom is -0.395 e. The molecule has 0 saturated heterocycles. The van der Waals surface area contributed by atoms with Crippen molar-refractivity contribution in [1.82, 2.24) is 0 Å². The molecule has 15 heavy (non-hydrogen) atoms. The Kier molecular flexibility index (Phi) is 3.21. The molecule has 1 N–H and O–H groups in total. The average molecular weight is 228 g/mol. The molecule has 0 radical (unpaired) electrons. The van der Waals surface area contributed by atoms with E-state index in [-0.39, 0.29) is 6.61 Å². The van der Waals surface area contributed by atoms with Gasteiger partial charge in [0.25, 0.3) is 0 Å². The largest absolute Gasteiger partial charge is 0.395 e. The van der Waals surface area contributed by atoms with E-state index in [4.69, 9.17) is 0 Å². The molecule has 84 valence electrons. The second-order valence-electron chi connectivity index (χ2n) is 4.31. The SMILES string of the molecule is CC(C)(CO)c1ccccc1S(C)(=O)=O. The van der Waals surface area contributed by atoms with Crippen LogP contribution < -0.4 is 0 Å². The zero-order chi connectivity index (χ0) is 11.7. The topological polar surface area (TPSA) is 54.4 Å². The number of hydrogen-bond acceptors (Lipinski definition) is 3. The highest BCUT2D eigenvalue weighted by Gasteiger charge is 2.25. The van der Waals surface area contributed by atoms with Crippen molar-refractivity contribution in [3.05, 3.63) is 29.8 Å². The molecule has 1 aromatic rings. The summed E-state index contributed by atoms with van der Waals surface area (Å²) in [6.07, 6.45) is 1.18. The fraction of sp³-hybridized carbons (Fsp3) is 0.455. The average Bonchev–Trinajstić information content (AvgIpc) is 2.16. The summed E-state index contributed by atoms with van der Waals surface area (Å²) < 4.78 is 23.1. The maximum atomic E-state index is 11.5. The lowest BCUT2D eigenvalue weighted by atomic mass is 9.86. The van der Waals surface area contributed by atoms with Gasteiger partial charge in [0.2, 0.25) is 0 Å². The van der Waals surface area contributed by atoms with E-state index in [1.165, 1.54) is 6.26 Å². The summed E-state index contributed by atoms with van der Waals surface area (Å²) in [5.41, 5.74) is 0.120. The standard InChI is InChI=1S/C11H16O3S/c1-11(2,8-12)9-6-4-5-7-10(9)15(3,13)14/h4-7,12H,8H2,1-3H3. The van der Waals surface area contributed by atoms with Crippen LogP contribution in [-0.2, 0) is 15.3 Å². The Morgan fingerprint density at radius 3 is 2.27 bits per heavy atom. The minimum absolute atomic E-state index is 0.0838. The highest BCUT2D eigenvalue weighted by Crippen LogP contribution is 2.28. The number of sulfone groups is 1. The Hall–Kier alpha value is -0.870. The van der Waals surface area contributed by atoms with Crippen LogP contribution >= 0.6 is 0 Å². The van der Waals surface area contributed by atoms with Gasteiger partial charge in [-0.2, -0.15) is 0 Å². The lowest BCUT2D eigenvalue weighted by molar-refractivity contribution is 0.216. The normalized spacial score (nSPS) is 12.8. The molecule has 3 nitrogen and oxygen atoms in total. The second kappa shape index (κ2) is 3.94. The molecule has 0 aliphatic heterocycles. The van der Waals surface area contributed by atoms with E-state index >= 15 is 0 Å². The highest BCUT2D eigenvalue weighted by molar-refractivity contribution is 7.90. The van der Waals surface area contributed by atoms with Crippen molar-refractivity contribution < 1.29 is 13.5 Å². The summed E-state index contributed by atoms with van der Waals surface area (Å²) in [5.74, 6) is 0. The van der Waals surface area contributed by atoms with Crippen molar-refractivity contribution in [2.24, 2.45) is 0 Å². The zero-order valence-electron chi connectivity index (χ0n) is 9.19. The summed E-state index contributed by atoms with van der Waals surface area (Å²) in [6, 6.07) is 6.78. The van der Waals surface area contributed by atoms with Gasteiger partial charge in [0.15, 0.2) is 9.84 Å². The van der Waals surface area contributed by atoms with Gasteiger partial charge < -0.3 is 5.11 Å². The number of aliphatic hydroxyl groups is 1. The highest BCUT2D eigenvalue weighted by atomic mass is 32.2. The summed E-state index contributed by atoms with van der Waals surface area (Å²) in [4.78, 5) is 0.295. The summed E-state index contributed by atoms with van der Waals surface area (Å²) >= 11 is 0. The van der Waals surface area contributed by atoms with Gasteiger partial charge in [-0.25, -0.2) is 8.42 Å². The van der Waals surface area contributed by atoms with Crippen LogP contribution in [0.2, 0.25) is 0 Å². The van der Waals surface area contributed by atoms with Crippen molar-refractivity contribution in [3.63, 3.8) is 0 Å². The van der Waals surface area contributed by atoms with E-state index in [9.17, 15) is 13.5 Å². The number of rotatable bonds is 3. The van der Waals surface area contributed by atoms with Crippen molar-refractivity contribution in [2.75, 3.05) is 12.9 Å². The van der Waals surface area contributed by atoms with Gasteiger partial charge in [-0.1, -0.05) is 32.0 Å². The Morgan fingerprint density at radius 1 is 1.27 bits per heavy atom. The van der Waals surface area contributed by atoms with E-state index in [0.717, 1.165) is 0 Å². The molecule has 0 saturated carbocycles. The molecule has 0 heterocycles. The lowest BCUT2D eigenvalue weighted by Crippen LogP contribution is -2.24. The van der Waals surface area contributed by atoms with Crippen LogP contribution in [-0.4, -0.2) is 26.4 Å². The zero-order valence-corrected chi connectivity index (χ0v) is 10.0. The lowest BCUT2D eigenvalue weighted by Gasteiger charge is -2.24. The van der Waals surface area contributed by atoms with E-state index in [0.29, 0.717) is 10.5 Å². The number of aliphatic hydroxyl groups excluding tert-OH is 1. The molecule has 1 rings (SSSR count). The number of benzene rings is 1. The molecule has 0 aliphatic rings.